The topological polar surface area (TPSA) is 94.0 Å². The number of nitrogens with one attached hydrogen (secondary N) is 2. The monoisotopic (exact) mass is 364 g/mol. The molecular formula is C16H21ClN6O2. The minimum absolute atomic E-state index is 0.0854. The van der Waals surface area contributed by atoms with Crippen molar-refractivity contribution in [1.82, 2.24) is 30.6 Å². The number of pyridine rings is 1. The smallest absolute Gasteiger partial charge is 0.232 e. The van der Waals surface area contributed by atoms with Crippen LogP contribution >= 0.6 is 11.6 Å². The molecule has 134 valence electrons. The molecule has 2 aromatic heterocycles. The van der Waals surface area contributed by atoms with Crippen molar-refractivity contribution in [3.05, 3.63) is 34.7 Å². The molecule has 2 N–H and O–H groups in total. The first-order valence-electron chi connectivity index (χ1n) is 8.21. The molecule has 0 spiro atoms. The Kier molecular flexibility index (Phi) is 5.83. The van der Waals surface area contributed by atoms with E-state index in [1.165, 1.54) is 7.11 Å². The highest BCUT2D eigenvalue weighted by Crippen LogP contribution is 2.22. The molecule has 0 aromatic carbocycles. The fraction of sp³-hybridized carbons (Fsp3) is 0.500. The first-order chi connectivity index (χ1) is 12.2. The van der Waals surface area contributed by atoms with E-state index < -0.39 is 0 Å². The molecule has 0 unspecified atom stereocenters. The highest BCUT2D eigenvalue weighted by Gasteiger charge is 2.20. The number of rotatable bonds is 6. The van der Waals surface area contributed by atoms with Gasteiger partial charge in [-0.2, -0.15) is 0 Å². The van der Waals surface area contributed by atoms with Gasteiger partial charge in [0.15, 0.2) is 0 Å². The molecule has 0 aliphatic carbocycles. The van der Waals surface area contributed by atoms with Crippen molar-refractivity contribution in [1.29, 1.82) is 0 Å². The lowest BCUT2D eigenvalue weighted by Gasteiger charge is -2.21. The summed E-state index contributed by atoms with van der Waals surface area (Å²) < 4.78 is 6.72. The molecule has 2 aromatic rings. The van der Waals surface area contributed by atoms with Crippen molar-refractivity contribution in [3.63, 3.8) is 0 Å². The summed E-state index contributed by atoms with van der Waals surface area (Å²) in [7, 11) is 1.52. The second-order valence-corrected chi connectivity index (χ2v) is 6.39. The maximum absolute atomic E-state index is 12.1. The second-order valence-electron chi connectivity index (χ2n) is 5.98. The minimum atomic E-state index is 0.0854. The Hall–Kier alpha value is -2.19. The summed E-state index contributed by atoms with van der Waals surface area (Å²) in [6.07, 6.45) is 5.25. The fourth-order valence-corrected chi connectivity index (χ4v) is 3.06. The van der Waals surface area contributed by atoms with E-state index >= 15 is 0 Å². The van der Waals surface area contributed by atoms with E-state index in [9.17, 15) is 4.79 Å². The fourth-order valence-electron chi connectivity index (χ4n) is 2.79. The van der Waals surface area contributed by atoms with Gasteiger partial charge in [-0.25, -0.2) is 9.67 Å². The third-order valence-corrected chi connectivity index (χ3v) is 4.41. The number of ether oxygens (including phenoxy) is 1. The lowest BCUT2D eigenvalue weighted by molar-refractivity contribution is -0.125. The maximum atomic E-state index is 12.1. The molecule has 3 heterocycles. The average molecular weight is 365 g/mol. The van der Waals surface area contributed by atoms with Crippen molar-refractivity contribution in [2.75, 3.05) is 20.2 Å². The van der Waals surface area contributed by atoms with Gasteiger partial charge in [-0.1, -0.05) is 16.8 Å². The van der Waals surface area contributed by atoms with Crippen molar-refractivity contribution in [2.24, 2.45) is 5.92 Å². The number of aromatic nitrogens is 4. The number of nitrogens with zero attached hydrogens (tertiary/aromatic N) is 4. The summed E-state index contributed by atoms with van der Waals surface area (Å²) in [6.45, 7) is 2.66. The second kappa shape index (κ2) is 8.26. The summed E-state index contributed by atoms with van der Waals surface area (Å²) in [5.74, 6) is 0.566. The zero-order valence-corrected chi connectivity index (χ0v) is 14.8. The van der Waals surface area contributed by atoms with Gasteiger partial charge in [-0.05, 0) is 37.6 Å². The van der Waals surface area contributed by atoms with E-state index in [1.54, 1.807) is 23.1 Å². The Morgan fingerprint density at radius 2 is 2.28 bits per heavy atom. The quantitative estimate of drug-likeness (QED) is 0.794. The largest absolute Gasteiger partial charge is 0.480 e. The van der Waals surface area contributed by atoms with Gasteiger partial charge in [-0.15, -0.1) is 5.10 Å². The zero-order valence-electron chi connectivity index (χ0n) is 14.0. The number of carbonyl (C=O) groups excluding carboxylic acids is 1. The highest BCUT2D eigenvalue weighted by atomic mass is 35.5. The van der Waals surface area contributed by atoms with Gasteiger partial charge >= 0.3 is 0 Å². The molecule has 0 atom stereocenters. The summed E-state index contributed by atoms with van der Waals surface area (Å²) >= 11 is 6.07. The van der Waals surface area contributed by atoms with Gasteiger partial charge in [-0.3, -0.25) is 4.79 Å². The predicted molar refractivity (Wildman–Crippen MR) is 92.4 cm³/mol. The van der Waals surface area contributed by atoms with Crippen LogP contribution in [0.25, 0.3) is 0 Å². The molecule has 25 heavy (non-hydrogen) atoms. The van der Waals surface area contributed by atoms with Gasteiger partial charge in [0.2, 0.25) is 11.8 Å². The van der Waals surface area contributed by atoms with E-state index in [2.05, 4.69) is 25.9 Å². The highest BCUT2D eigenvalue weighted by molar-refractivity contribution is 6.31. The molecule has 0 radical (unpaired) electrons. The lowest BCUT2D eigenvalue weighted by atomic mass is 9.97. The Morgan fingerprint density at radius 1 is 1.48 bits per heavy atom. The van der Waals surface area contributed by atoms with Crippen LogP contribution in [0.15, 0.2) is 18.5 Å². The molecule has 1 amide bonds. The molecule has 8 nitrogen and oxygen atoms in total. The predicted octanol–water partition coefficient (Wildman–Crippen LogP) is 0.999. The molecule has 0 bridgehead atoms. The molecule has 1 fully saturated rings. The van der Waals surface area contributed by atoms with Gasteiger partial charge in [0.1, 0.15) is 10.7 Å². The van der Waals surface area contributed by atoms with Crippen LogP contribution in [0.3, 0.4) is 0 Å². The number of hydrogen-bond acceptors (Lipinski definition) is 6. The third-order valence-electron chi connectivity index (χ3n) is 4.14. The molecule has 1 aliphatic heterocycles. The van der Waals surface area contributed by atoms with Gasteiger partial charge in [0, 0.05) is 12.1 Å². The number of amides is 1. The molecule has 3 rings (SSSR count). The van der Waals surface area contributed by atoms with Crippen LogP contribution in [-0.4, -0.2) is 46.1 Å². The van der Waals surface area contributed by atoms with Crippen LogP contribution in [0.1, 0.15) is 24.1 Å². The molecule has 1 saturated heterocycles. The van der Waals surface area contributed by atoms with Crippen molar-refractivity contribution in [2.45, 2.75) is 25.9 Å². The number of halogens is 1. The van der Waals surface area contributed by atoms with Crippen molar-refractivity contribution >= 4 is 17.5 Å². The standard InChI is InChI=1S/C16H21ClN6O2/c1-25-16-14(17)6-11(7-20-16)9-23-10-13(21-22-23)8-19-15(24)12-2-4-18-5-3-12/h6-7,10,12,18H,2-5,8-9H2,1H3,(H,19,24). The van der Waals surface area contributed by atoms with Crippen LogP contribution in [0.2, 0.25) is 5.02 Å². The van der Waals surface area contributed by atoms with E-state index in [1.807, 2.05) is 0 Å². The summed E-state index contributed by atoms with van der Waals surface area (Å²) in [5.41, 5.74) is 1.61. The van der Waals surface area contributed by atoms with Gasteiger partial charge in [0.05, 0.1) is 26.4 Å². The zero-order chi connectivity index (χ0) is 17.6. The Balaban J connectivity index is 1.53. The Labute approximate surface area is 150 Å². The molecule has 9 heteroatoms. The average Bonchev–Trinajstić information content (AvgIpc) is 3.08. The molecular weight excluding hydrogens is 344 g/mol. The normalized spacial score (nSPS) is 15.1. The minimum Gasteiger partial charge on any atom is -0.480 e. The Morgan fingerprint density at radius 3 is 3.00 bits per heavy atom. The lowest BCUT2D eigenvalue weighted by Crippen LogP contribution is -2.37. The van der Waals surface area contributed by atoms with Crippen LogP contribution in [-0.2, 0) is 17.9 Å². The van der Waals surface area contributed by atoms with Crippen LogP contribution in [0.5, 0.6) is 5.88 Å². The van der Waals surface area contributed by atoms with Crippen LogP contribution < -0.4 is 15.4 Å². The number of piperidine rings is 1. The third kappa shape index (κ3) is 4.67. The summed E-state index contributed by atoms with van der Waals surface area (Å²) in [6, 6.07) is 1.79. The van der Waals surface area contributed by atoms with E-state index in [-0.39, 0.29) is 11.8 Å². The van der Waals surface area contributed by atoms with Crippen molar-refractivity contribution < 1.29 is 9.53 Å². The first kappa shape index (κ1) is 17.6. The van der Waals surface area contributed by atoms with E-state index in [0.717, 1.165) is 37.2 Å². The molecule has 0 saturated carbocycles. The summed E-state index contributed by atoms with van der Waals surface area (Å²) in [4.78, 5) is 16.3. The van der Waals surface area contributed by atoms with Gasteiger partial charge < -0.3 is 15.4 Å². The van der Waals surface area contributed by atoms with Crippen molar-refractivity contribution in [3.8, 4) is 5.88 Å². The van der Waals surface area contributed by atoms with E-state index in [0.29, 0.717) is 24.0 Å². The number of methoxy groups -OCH3 is 1. The van der Waals surface area contributed by atoms with Crippen LogP contribution in [0.4, 0.5) is 0 Å². The number of carbonyl (C=O) groups is 1. The molecule has 1 aliphatic rings. The number of hydrogen-bond donors (Lipinski definition) is 2. The Bertz CT molecular complexity index is 729. The van der Waals surface area contributed by atoms with Gasteiger partial charge in [0.25, 0.3) is 0 Å². The van der Waals surface area contributed by atoms with Crippen LogP contribution in [0, 0.1) is 5.92 Å². The SMILES string of the molecule is COc1ncc(Cn2cc(CNC(=O)C3CCNCC3)nn2)cc1Cl. The maximum Gasteiger partial charge on any atom is 0.232 e. The summed E-state index contributed by atoms with van der Waals surface area (Å²) in [5, 5.41) is 14.8. The first-order valence-corrected chi connectivity index (χ1v) is 8.59. The van der Waals surface area contributed by atoms with E-state index in [4.69, 9.17) is 16.3 Å².